The molecule has 1 aromatic rings. The highest BCUT2D eigenvalue weighted by Gasteiger charge is 2.20. The zero-order chi connectivity index (χ0) is 14.5. The van der Waals surface area contributed by atoms with Gasteiger partial charge in [0.05, 0.1) is 18.1 Å². The molecule has 0 aliphatic heterocycles. The Hall–Kier alpha value is -1.11. The quantitative estimate of drug-likeness (QED) is 0.777. The summed E-state index contributed by atoms with van der Waals surface area (Å²) in [5.41, 5.74) is -0.368. The largest absolute Gasteiger partial charge is 0.494 e. The lowest BCUT2D eigenvalue weighted by atomic mass is 10.0. The van der Waals surface area contributed by atoms with Crippen LogP contribution in [0, 0.1) is 0 Å². The van der Waals surface area contributed by atoms with Gasteiger partial charge < -0.3 is 15.2 Å². The van der Waals surface area contributed by atoms with Crippen LogP contribution in [-0.4, -0.2) is 45.6 Å². The predicted molar refractivity (Wildman–Crippen MR) is 74.2 cm³/mol. The first kappa shape index (κ1) is 15.9. The maximum absolute atomic E-state index is 11.3. The second-order valence-corrected chi connectivity index (χ2v) is 6.83. The van der Waals surface area contributed by atoms with Gasteiger partial charge in [-0.25, -0.2) is 8.42 Å². The zero-order valence-electron chi connectivity index (χ0n) is 11.5. The van der Waals surface area contributed by atoms with Crippen LogP contribution in [0.5, 0.6) is 5.75 Å². The summed E-state index contributed by atoms with van der Waals surface area (Å²) in [6.07, 6.45) is 1.82. The Bertz CT molecular complexity index is 492. The van der Waals surface area contributed by atoms with Crippen molar-refractivity contribution in [3.8, 4) is 5.75 Å². The maximum atomic E-state index is 11.3. The molecule has 1 rings (SSSR count). The molecule has 0 aliphatic carbocycles. The topological polar surface area (TPSA) is 75.6 Å². The van der Waals surface area contributed by atoms with Crippen LogP contribution in [0.25, 0.3) is 0 Å². The Morgan fingerprint density at radius 3 is 2.32 bits per heavy atom. The summed E-state index contributed by atoms with van der Waals surface area (Å²) < 4.78 is 28.1. The van der Waals surface area contributed by atoms with Gasteiger partial charge in [-0.2, -0.15) is 0 Å². The number of benzene rings is 1. The van der Waals surface area contributed by atoms with Crippen molar-refractivity contribution in [3.05, 3.63) is 24.3 Å². The number of nitrogens with one attached hydrogen (secondary N) is 1. The molecule has 19 heavy (non-hydrogen) atoms. The van der Waals surface area contributed by atoms with E-state index in [1.807, 2.05) is 6.92 Å². The van der Waals surface area contributed by atoms with Gasteiger partial charge in [-0.1, -0.05) is 0 Å². The van der Waals surface area contributed by atoms with Crippen LogP contribution in [0.4, 0.5) is 0 Å². The molecule has 1 aromatic carbocycles. The monoisotopic (exact) mass is 287 g/mol. The summed E-state index contributed by atoms with van der Waals surface area (Å²) in [4.78, 5) is 0.273. The molecule has 0 fully saturated rings. The van der Waals surface area contributed by atoms with E-state index in [0.717, 1.165) is 0 Å². The number of rotatable bonds is 7. The summed E-state index contributed by atoms with van der Waals surface area (Å²) in [7, 11) is -1.38. The summed E-state index contributed by atoms with van der Waals surface area (Å²) >= 11 is 0. The van der Waals surface area contributed by atoms with Crippen molar-refractivity contribution in [2.24, 2.45) is 0 Å². The maximum Gasteiger partial charge on any atom is 0.175 e. The summed E-state index contributed by atoms with van der Waals surface area (Å²) in [5.74, 6) is 0.615. The molecule has 108 valence electrons. The van der Waals surface area contributed by atoms with Crippen molar-refractivity contribution >= 4 is 9.84 Å². The molecular weight excluding hydrogens is 266 g/mol. The molecule has 1 unspecified atom stereocenters. The first-order chi connectivity index (χ1) is 8.80. The Labute approximate surface area is 114 Å². The molecule has 0 bridgehead atoms. The van der Waals surface area contributed by atoms with Crippen LogP contribution in [0.1, 0.15) is 13.3 Å². The van der Waals surface area contributed by atoms with Crippen molar-refractivity contribution in [1.82, 2.24) is 5.32 Å². The number of aliphatic hydroxyl groups excluding tert-OH is 1. The second-order valence-electron chi connectivity index (χ2n) is 4.81. The SMILES string of the molecule is CNC(C)(CO)CCOc1ccc(S(C)(=O)=O)cc1. The predicted octanol–water partition coefficient (Wildman–Crippen LogP) is 0.829. The first-order valence-electron chi connectivity index (χ1n) is 6.03. The first-order valence-corrected chi connectivity index (χ1v) is 7.92. The van der Waals surface area contributed by atoms with Crippen LogP contribution >= 0.6 is 0 Å². The fourth-order valence-electron chi connectivity index (χ4n) is 1.46. The third-order valence-corrected chi connectivity index (χ3v) is 4.26. The minimum atomic E-state index is -3.17. The Morgan fingerprint density at radius 2 is 1.89 bits per heavy atom. The lowest BCUT2D eigenvalue weighted by Crippen LogP contribution is -2.44. The molecule has 0 saturated carbocycles. The van der Waals surface area contributed by atoms with E-state index < -0.39 is 9.84 Å². The van der Waals surface area contributed by atoms with Gasteiger partial charge in [0, 0.05) is 18.2 Å². The fourth-order valence-corrected chi connectivity index (χ4v) is 2.09. The van der Waals surface area contributed by atoms with Crippen molar-refractivity contribution in [2.45, 2.75) is 23.8 Å². The molecule has 0 aliphatic rings. The lowest BCUT2D eigenvalue weighted by Gasteiger charge is -2.26. The molecule has 0 heterocycles. The van der Waals surface area contributed by atoms with Gasteiger partial charge in [-0.15, -0.1) is 0 Å². The van der Waals surface area contributed by atoms with E-state index in [0.29, 0.717) is 18.8 Å². The van der Waals surface area contributed by atoms with E-state index >= 15 is 0 Å². The molecule has 2 N–H and O–H groups in total. The minimum absolute atomic E-state index is 0.0277. The summed E-state index contributed by atoms with van der Waals surface area (Å²) in [6.45, 7) is 2.37. The number of ether oxygens (including phenoxy) is 1. The van der Waals surface area contributed by atoms with Crippen LogP contribution in [0.2, 0.25) is 0 Å². The Morgan fingerprint density at radius 1 is 1.32 bits per heavy atom. The van der Waals surface area contributed by atoms with E-state index in [-0.39, 0.29) is 17.0 Å². The standard InChI is InChI=1S/C13H21NO4S/c1-13(10-15,14-2)8-9-18-11-4-6-12(7-5-11)19(3,16)17/h4-7,14-15H,8-10H2,1-3H3. The van der Waals surface area contributed by atoms with Gasteiger partial charge >= 0.3 is 0 Å². The van der Waals surface area contributed by atoms with Gasteiger partial charge in [0.1, 0.15) is 5.75 Å². The molecule has 0 spiro atoms. The summed E-state index contributed by atoms with van der Waals surface area (Å²) in [6, 6.07) is 6.31. The molecule has 6 heteroatoms. The molecule has 0 aromatic heterocycles. The van der Waals surface area contributed by atoms with Crippen LogP contribution in [0.15, 0.2) is 29.2 Å². The Balaban J connectivity index is 2.56. The molecule has 0 saturated heterocycles. The van der Waals surface area contributed by atoms with E-state index in [1.54, 1.807) is 19.2 Å². The van der Waals surface area contributed by atoms with Crippen molar-refractivity contribution < 1.29 is 18.3 Å². The number of likely N-dealkylation sites (N-methyl/N-ethyl adjacent to an activating group) is 1. The molecule has 1 atom stereocenters. The normalized spacial score (nSPS) is 14.9. The number of hydrogen-bond donors (Lipinski definition) is 2. The van der Waals surface area contributed by atoms with Gasteiger partial charge in [0.25, 0.3) is 0 Å². The molecular formula is C13H21NO4S. The van der Waals surface area contributed by atoms with Crippen LogP contribution in [-0.2, 0) is 9.84 Å². The van der Waals surface area contributed by atoms with E-state index in [1.165, 1.54) is 18.4 Å². The average molecular weight is 287 g/mol. The number of sulfone groups is 1. The second kappa shape index (κ2) is 6.36. The Kier molecular flexibility index (Phi) is 5.34. The smallest absolute Gasteiger partial charge is 0.175 e. The highest BCUT2D eigenvalue weighted by Crippen LogP contribution is 2.17. The fraction of sp³-hybridized carbons (Fsp3) is 0.538. The number of hydrogen-bond acceptors (Lipinski definition) is 5. The third-order valence-electron chi connectivity index (χ3n) is 3.13. The zero-order valence-corrected chi connectivity index (χ0v) is 12.3. The third kappa shape index (κ3) is 4.81. The van der Waals surface area contributed by atoms with Gasteiger partial charge in [-0.05, 0) is 38.2 Å². The van der Waals surface area contributed by atoms with E-state index in [2.05, 4.69) is 5.32 Å². The highest BCUT2D eigenvalue weighted by molar-refractivity contribution is 7.90. The van der Waals surface area contributed by atoms with E-state index in [4.69, 9.17) is 4.74 Å². The van der Waals surface area contributed by atoms with E-state index in [9.17, 15) is 13.5 Å². The minimum Gasteiger partial charge on any atom is -0.494 e. The van der Waals surface area contributed by atoms with Gasteiger partial charge in [0.15, 0.2) is 9.84 Å². The van der Waals surface area contributed by atoms with Crippen LogP contribution < -0.4 is 10.1 Å². The van der Waals surface area contributed by atoms with Crippen LogP contribution in [0.3, 0.4) is 0 Å². The van der Waals surface area contributed by atoms with Crippen molar-refractivity contribution in [2.75, 3.05) is 26.5 Å². The molecule has 0 radical (unpaired) electrons. The average Bonchev–Trinajstić information content (AvgIpc) is 2.38. The molecule has 5 nitrogen and oxygen atoms in total. The number of aliphatic hydroxyl groups is 1. The lowest BCUT2D eigenvalue weighted by molar-refractivity contribution is 0.151. The van der Waals surface area contributed by atoms with Crippen molar-refractivity contribution in [1.29, 1.82) is 0 Å². The van der Waals surface area contributed by atoms with Crippen molar-refractivity contribution in [3.63, 3.8) is 0 Å². The highest BCUT2D eigenvalue weighted by atomic mass is 32.2. The summed E-state index contributed by atoms with van der Waals surface area (Å²) in [5, 5.41) is 12.3. The molecule has 0 amide bonds. The van der Waals surface area contributed by atoms with Gasteiger partial charge in [0.2, 0.25) is 0 Å². The van der Waals surface area contributed by atoms with Gasteiger partial charge in [-0.3, -0.25) is 0 Å².